The molecule has 0 atom stereocenters. The topological polar surface area (TPSA) is 34.0 Å². The first-order valence-electron chi connectivity index (χ1n) is 9.57. The molecule has 0 aliphatic heterocycles. The van der Waals surface area contributed by atoms with E-state index in [2.05, 4.69) is 41.7 Å². The number of rotatable bonds is 10. The summed E-state index contributed by atoms with van der Waals surface area (Å²) < 4.78 is 2.04. The summed E-state index contributed by atoms with van der Waals surface area (Å²) in [5, 5.41) is 4.56. The molecule has 0 saturated carbocycles. The molecule has 0 saturated heterocycles. The Morgan fingerprint density at radius 1 is 0.926 bits per heavy atom. The van der Waals surface area contributed by atoms with Crippen molar-refractivity contribution in [2.75, 3.05) is 13.1 Å². The summed E-state index contributed by atoms with van der Waals surface area (Å²) in [6.07, 6.45) is 6.85. The number of unbranched alkanes of at least 4 members (excludes halogenated alkanes) is 2. The Kier molecular flexibility index (Phi) is 8.56. The highest BCUT2D eigenvalue weighted by atomic mass is 35.5. The third-order valence-electron chi connectivity index (χ3n) is 4.89. The first-order valence-corrected chi connectivity index (χ1v) is 9.57. The van der Waals surface area contributed by atoms with Gasteiger partial charge in [0.05, 0.1) is 0 Å². The predicted molar refractivity (Wildman–Crippen MR) is 116 cm³/mol. The number of hydrogen-bond acceptors (Lipinski definition) is 2. The highest BCUT2D eigenvalue weighted by Gasteiger charge is 2.12. The molecule has 4 heteroatoms. The summed E-state index contributed by atoms with van der Waals surface area (Å²) in [7, 11) is 2.00. The molecule has 0 aliphatic rings. The first-order chi connectivity index (χ1) is 12.8. The second-order valence-corrected chi connectivity index (χ2v) is 6.89. The number of fused-ring (bicyclic) bond motifs is 1. The van der Waals surface area contributed by atoms with Gasteiger partial charge in [-0.3, -0.25) is 4.79 Å². The second kappa shape index (κ2) is 10.9. The number of nitrogens with one attached hydrogen (secondary N) is 1. The molecule has 1 heterocycles. The van der Waals surface area contributed by atoms with Crippen LogP contribution in [0.2, 0.25) is 0 Å². The van der Waals surface area contributed by atoms with Crippen molar-refractivity contribution in [2.45, 2.75) is 32.1 Å². The molecule has 0 amide bonds. The van der Waals surface area contributed by atoms with Crippen LogP contribution in [0.5, 0.6) is 0 Å². The normalized spacial score (nSPS) is 10.7. The molecule has 0 bridgehead atoms. The van der Waals surface area contributed by atoms with Crippen LogP contribution >= 0.6 is 12.4 Å². The molecule has 3 nitrogen and oxygen atoms in total. The average Bonchev–Trinajstić information content (AvgIpc) is 3.02. The Bertz CT molecular complexity index is 842. The van der Waals surface area contributed by atoms with E-state index < -0.39 is 0 Å². The van der Waals surface area contributed by atoms with Crippen LogP contribution < -0.4 is 5.32 Å². The molecule has 0 aliphatic carbocycles. The van der Waals surface area contributed by atoms with Crippen LogP contribution in [-0.4, -0.2) is 23.4 Å². The van der Waals surface area contributed by atoms with E-state index in [1.807, 2.05) is 36.0 Å². The van der Waals surface area contributed by atoms with Crippen LogP contribution in [0.25, 0.3) is 10.9 Å². The Hall–Kier alpha value is -2.10. The highest BCUT2D eigenvalue weighted by Crippen LogP contribution is 2.22. The smallest absolute Gasteiger partial charge is 0.165 e. The zero-order valence-electron chi connectivity index (χ0n) is 16.0. The van der Waals surface area contributed by atoms with E-state index in [9.17, 15) is 4.79 Å². The number of ketones is 1. The number of carbonyl (C=O) groups excluding carboxylic acids is 1. The Balaban J connectivity index is 0.00000261. The van der Waals surface area contributed by atoms with E-state index in [1.165, 1.54) is 5.56 Å². The minimum Gasteiger partial charge on any atom is -0.350 e. The lowest BCUT2D eigenvalue weighted by molar-refractivity contribution is 0.0980. The molecule has 1 N–H and O–H groups in total. The van der Waals surface area contributed by atoms with Crippen LogP contribution in [-0.2, 0) is 13.5 Å². The van der Waals surface area contributed by atoms with Crippen LogP contribution in [0.4, 0.5) is 0 Å². The average molecular weight is 385 g/mol. The lowest BCUT2D eigenvalue weighted by Crippen LogP contribution is -2.18. The van der Waals surface area contributed by atoms with Gasteiger partial charge in [0.1, 0.15) is 0 Å². The van der Waals surface area contributed by atoms with Crippen molar-refractivity contribution < 1.29 is 4.79 Å². The number of hydrogen-bond donors (Lipinski definition) is 1. The van der Waals surface area contributed by atoms with Crippen molar-refractivity contribution in [2.24, 2.45) is 7.05 Å². The quantitative estimate of drug-likeness (QED) is 0.386. The summed E-state index contributed by atoms with van der Waals surface area (Å²) in [5.74, 6) is 0.263. The molecular formula is C23H29ClN2O. The van der Waals surface area contributed by atoms with Gasteiger partial charge < -0.3 is 9.88 Å². The molecule has 0 fully saturated rings. The maximum Gasteiger partial charge on any atom is 0.165 e. The Labute approximate surface area is 168 Å². The van der Waals surface area contributed by atoms with Gasteiger partial charge in [0.2, 0.25) is 0 Å². The van der Waals surface area contributed by atoms with Crippen molar-refractivity contribution in [3.63, 3.8) is 0 Å². The van der Waals surface area contributed by atoms with Gasteiger partial charge in [-0.05, 0) is 44.0 Å². The van der Waals surface area contributed by atoms with Crippen LogP contribution in [0.3, 0.4) is 0 Å². The lowest BCUT2D eigenvalue weighted by Gasteiger charge is -2.05. The number of aromatic nitrogens is 1. The molecule has 0 radical (unpaired) electrons. The van der Waals surface area contributed by atoms with Gasteiger partial charge in [-0.1, -0.05) is 55.0 Å². The third-order valence-corrected chi connectivity index (χ3v) is 4.89. The number of benzene rings is 2. The van der Waals surface area contributed by atoms with Crippen LogP contribution in [0.1, 0.15) is 41.6 Å². The van der Waals surface area contributed by atoms with Crippen molar-refractivity contribution in [1.82, 2.24) is 9.88 Å². The van der Waals surface area contributed by atoms with E-state index in [-0.39, 0.29) is 18.2 Å². The summed E-state index contributed by atoms with van der Waals surface area (Å²) in [5.41, 5.74) is 3.36. The monoisotopic (exact) mass is 384 g/mol. The van der Waals surface area contributed by atoms with E-state index in [4.69, 9.17) is 0 Å². The summed E-state index contributed by atoms with van der Waals surface area (Å²) in [6.45, 7) is 2.04. The molecule has 2 aromatic carbocycles. The fourth-order valence-corrected chi connectivity index (χ4v) is 3.41. The predicted octanol–water partition coefficient (Wildman–Crippen LogP) is 5.18. The number of Topliss-reactive ketones (excluding diaryl/α,β-unsaturated/α-hetero) is 1. The summed E-state index contributed by atoms with van der Waals surface area (Å²) in [6, 6.07) is 18.7. The van der Waals surface area contributed by atoms with Gasteiger partial charge in [-0.2, -0.15) is 0 Å². The van der Waals surface area contributed by atoms with Crippen molar-refractivity contribution in [3.8, 4) is 0 Å². The zero-order chi connectivity index (χ0) is 18.2. The van der Waals surface area contributed by atoms with E-state index in [0.29, 0.717) is 6.42 Å². The fourth-order valence-electron chi connectivity index (χ4n) is 3.41. The highest BCUT2D eigenvalue weighted by molar-refractivity contribution is 6.08. The van der Waals surface area contributed by atoms with Crippen LogP contribution in [0.15, 0.2) is 60.8 Å². The fraction of sp³-hybridized carbons (Fsp3) is 0.348. The summed E-state index contributed by atoms with van der Waals surface area (Å²) >= 11 is 0. The van der Waals surface area contributed by atoms with Crippen molar-refractivity contribution >= 4 is 29.1 Å². The largest absolute Gasteiger partial charge is 0.350 e. The number of aryl methyl sites for hydroxylation is 1. The van der Waals surface area contributed by atoms with Gasteiger partial charge in [0.25, 0.3) is 0 Å². The van der Waals surface area contributed by atoms with E-state index >= 15 is 0 Å². The van der Waals surface area contributed by atoms with Gasteiger partial charge >= 0.3 is 0 Å². The number of halogens is 1. The molecule has 144 valence electrons. The lowest BCUT2D eigenvalue weighted by atomic mass is 10.0. The number of nitrogens with zero attached hydrogens (tertiary/aromatic N) is 1. The van der Waals surface area contributed by atoms with E-state index in [1.54, 1.807) is 0 Å². The van der Waals surface area contributed by atoms with Gasteiger partial charge in [-0.25, -0.2) is 0 Å². The molecule has 0 spiro atoms. The standard InChI is InChI=1S/C23H28N2O.ClH/c1-25-18-21(20-12-7-8-13-22(20)25)23(26)14-6-3-9-16-24-17-15-19-10-4-2-5-11-19;/h2,4-5,7-8,10-13,18,24H,3,6,9,14-17H2,1H3;1H. The molecule has 0 unspecified atom stereocenters. The minimum atomic E-state index is 0. The van der Waals surface area contributed by atoms with Crippen molar-refractivity contribution in [1.29, 1.82) is 0 Å². The van der Waals surface area contributed by atoms with E-state index in [0.717, 1.165) is 55.2 Å². The molecular weight excluding hydrogens is 356 g/mol. The SMILES string of the molecule is Cl.Cn1cc(C(=O)CCCCCNCCc2ccccc2)c2ccccc21. The summed E-state index contributed by atoms with van der Waals surface area (Å²) in [4.78, 5) is 12.5. The molecule has 3 aromatic rings. The van der Waals surface area contributed by atoms with Crippen LogP contribution in [0, 0.1) is 0 Å². The van der Waals surface area contributed by atoms with Gasteiger partial charge in [-0.15, -0.1) is 12.4 Å². The molecule has 3 rings (SSSR count). The van der Waals surface area contributed by atoms with Gasteiger partial charge in [0.15, 0.2) is 5.78 Å². The maximum atomic E-state index is 12.5. The maximum absolute atomic E-state index is 12.5. The number of carbonyl (C=O) groups is 1. The second-order valence-electron chi connectivity index (χ2n) is 6.89. The van der Waals surface area contributed by atoms with Crippen molar-refractivity contribution in [3.05, 3.63) is 71.9 Å². The Morgan fingerprint density at radius 2 is 1.67 bits per heavy atom. The minimum absolute atomic E-state index is 0. The first kappa shape index (κ1) is 21.2. The molecule has 27 heavy (non-hydrogen) atoms. The van der Waals surface area contributed by atoms with Gasteiger partial charge in [0, 0.05) is 36.1 Å². The zero-order valence-corrected chi connectivity index (χ0v) is 16.8. The molecule has 1 aromatic heterocycles. The Morgan fingerprint density at radius 3 is 2.48 bits per heavy atom. The number of para-hydroxylation sites is 1. The third kappa shape index (κ3) is 5.95.